The molecule has 0 aromatic carbocycles. The zero-order chi connectivity index (χ0) is 13.1. The molecule has 0 aliphatic rings. The van der Waals surface area contributed by atoms with Crippen molar-refractivity contribution in [2.45, 2.75) is 33.6 Å². The Morgan fingerprint density at radius 1 is 1.17 bits per heavy atom. The van der Waals surface area contributed by atoms with E-state index in [0.717, 1.165) is 36.1 Å². The molecule has 0 radical (unpaired) electrons. The van der Waals surface area contributed by atoms with E-state index < -0.39 is 0 Å². The molecule has 6 heteroatoms. The summed E-state index contributed by atoms with van der Waals surface area (Å²) >= 11 is 0. The van der Waals surface area contributed by atoms with Gasteiger partial charge in [-0.3, -0.25) is 0 Å². The molecule has 96 valence electrons. The van der Waals surface area contributed by atoms with Crippen LogP contribution in [-0.2, 0) is 12.8 Å². The fourth-order valence-corrected chi connectivity index (χ4v) is 1.74. The van der Waals surface area contributed by atoms with Crippen LogP contribution in [0.2, 0.25) is 0 Å². The van der Waals surface area contributed by atoms with Gasteiger partial charge in [0.2, 0.25) is 0 Å². The summed E-state index contributed by atoms with van der Waals surface area (Å²) < 4.78 is 1.80. The van der Waals surface area contributed by atoms with Gasteiger partial charge >= 0.3 is 0 Å². The van der Waals surface area contributed by atoms with Gasteiger partial charge in [-0.05, 0) is 6.92 Å². The minimum atomic E-state index is 0.715. The van der Waals surface area contributed by atoms with Gasteiger partial charge < -0.3 is 5.32 Å². The zero-order valence-corrected chi connectivity index (χ0v) is 11.2. The first-order valence-electron chi connectivity index (χ1n) is 6.16. The van der Waals surface area contributed by atoms with E-state index in [9.17, 15) is 0 Å². The number of anilines is 1. The van der Waals surface area contributed by atoms with Crippen LogP contribution >= 0.6 is 0 Å². The van der Waals surface area contributed by atoms with E-state index in [1.165, 1.54) is 0 Å². The molecule has 18 heavy (non-hydrogen) atoms. The Labute approximate surface area is 106 Å². The lowest BCUT2D eigenvalue weighted by molar-refractivity contribution is 0.760. The second kappa shape index (κ2) is 5.12. The molecule has 2 aromatic rings. The maximum Gasteiger partial charge on any atom is 0.161 e. The third-order valence-corrected chi connectivity index (χ3v) is 2.65. The first-order chi connectivity index (χ1) is 8.67. The molecule has 0 saturated carbocycles. The summed E-state index contributed by atoms with van der Waals surface area (Å²) in [5, 5.41) is 7.50. The normalized spacial score (nSPS) is 10.7. The molecular weight excluding hydrogens is 228 g/mol. The highest BCUT2D eigenvalue weighted by atomic mass is 15.4. The number of nitrogens with one attached hydrogen (secondary N) is 1. The van der Waals surface area contributed by atoms with Gasteiger partial charge in [0.15, 0.2) is 11.6 Å². The Morgan fingerprint density at radius 3 is 2.56 bits per heavy atom. The number of hydrogen-bond donors (Lipinski definition) is 1. The molecule has 0 aliphatic carbocycles. The second-order valence-electron chi connectivity index (χ2n) is 3.97. The molecule has 0 aliphatic heterocycles. The fourth-order valence-electron chi connectivity index (χ4n) is 1.74. The Morgan fingerprint density at radius 2 is 1.94 bits per heavy atom. The van der Waals surface area contributed by atoms with Crippen molar-refractivity contribution in [1.29, 1.82) is 0 Å². The van der Waals surface area contributed by atoms with Crippen molar-refractivity contribution in [3.63, 3.8) is 0 Å². The highest BCUT2D eigenvalue weighted by Gasteiger charge is 2.11. The quantitative estimate of drug-likeness (QED) is 0.886. The SMILES string of the molecule is CCc1nc(CC)n(-c2cc(NC)nc(C)n2)n1. The van der Waals surface area contributed by atoms with Crippen LogP contribution < -0.4 is 5.32 Å². The van der Waals surface area contributed by atoms with E-state index in [1.807, 2.05) is 27.0 Å². The highest BCUT2D eigenvalue weighted by Crippen LogP contribution is 2.12. The lowest BCUT2D eigenvalue weighted by Gasteiger charge is -2.06. The number of nitrogens with zero attached hydrogens (tertiary/aromatic N) is 5. The Hall–Kier alpha value is -1.98. The van der Waals surface area contributed by atoms with E-state index in [2.05, 4.69) is 32.3 Å². The number of hydrogen-bond acceptors (Lipinski definition) is 5. The van der Waals surface area contributed by atoms with Gasteiger partial charge in [0.1, 0.15) is 17.5 Å². The van der Waals surface area contributed by atoms with Gasteiger partial charge in [-0.2, -0.15) is 4.68 Å². The van der Waals surface area contributed by atoms with Crippen LogP contribution in [0.3, 0.4) is 0 Å². The summed E-state index contributed by atoms with van der Waals surface area (Å²) in [5.41, 5.74) is 0. The van der Waals surface area contributed by atoms with E-state index in [-0.39, 0.29) is 0 Å². The van der Waals surface area contributed by atoms with Gasteiger partial charge in [0.05, 0.1) is 0 Å². The molecule has 0 spiro atoms. The molecule has 0 bridgehead atoms. The molecule has 1 N–H and O–H groups in total. The molecular formula is C12H18N6. The smallest absolute Gasteiger partial charge is 0.161 e. The molecule has 0 amide bonds. The van der Waals surface area contributed by atoms with Crippen molar-refractivity contribution >= 4 is 5.82 Å². The average Bonchev–Trinajstić information content (AvgIpc) is 2.81. The van der Waals surface area contributed by atoms with Crippen LogP contribution in [0.4, 0.5) is 5.82 Å². The van der Waals surface area contributed by atoms with Crippen molar-refractivity contribution in [2.75, 3.05) is 12.4 Å². The maximum atomic E-state index is 4.48. The van der Waals surface area contributed by atoms with Crippen molar-refractivity contribution in [2.24, 2.45) is 0 Å². The predicted octanol–water partition coefficient (Wildman–Crippen LogP) is 1.53. The summed E-state index contributed by atoms with van der Waals surface area (Å²) in [5.74, 6) is 4.03. The zero-order valence-electron chi connectivity index (χ0n) is 11.2. The summed E-state index contributed by atoms with van der Waals surface area (Å²) in [6, 6.07) is 1.88. The summed E-state index contributed by atoms with van der Waals surface area (Å²) in [6.45, 7) is 5.98. The topological polar surface area (TPSA) is 68.5 Å². The molecule has 2 heterocycles. The van der Waals surface area contributed by atoms with Crippen LogP contribution in [0.15, 0.2) is 6.07 Å². The lowest BCUT2D eigenvalue weighted by Crippen LogP contribution is -2.08. The number of aromatic nitrogens is 5. The number of aryl methyl sites for hydroxylation is 3. The van der Waals surface area contributed by atoms with E-state index in [1.54, 1.807) is 4.68 Å². The minimum absolute atomic E-state index is 0.715. The highest BCUT2D eigenvalue weighted by molar-refractivity contribution is 5.41. The first-order valence-corrected chi connectivity index (χ1v) is 6.16. The third kappa shape index (κ3) is 2.32. The minimum Gasteiger partial charge on any atom is -0.373 e. The molecule has 0 fully saturated rings. The second-order valence-corrected chi connectivity index (χ2v) is 3.97. The van der Waals surface area contributed by atoms with Crippen LogP contribution in [0.5, 0.6) is 0 Å². The van der Waals surface area contributed by atoms with E-state index >= 15 is 0 Å². The first kappa shape index (κ1) is 12.5. The van der Waals surface area contributed by atoms with Crippen LogP contribution in [-0.4, -0.2) is 31.8 Å². The third-order valence-electron chi connectivity index (χ3n) is 2.65. The van der Waals surface area contributed by atoms with Gasteiger partial charge in [-0.15, -0.1) is 5.10 Å². The largest absolute Gasteiger partial charge is 0.373 e. The van der Waals surface area contributed by atoms with Gasteiger partial charge in [0, 0.05) is 26.0 Å². The Bertz CT molecular complexity index is 545. The standard InChI is InChI=1S/C12H18N6/c1-5-9-16-11(6-2)18(17-9)12-7-10(13-4)14-8(3)15-12/h7H,5-6H2,1-4H3,(H,13,14,15). The van der Waals surface area contributed by atoms with Crippen molar-refractivity contribution in [3.05, 3.63) is 23.5 Å². The van der Waals surface area contributed by atoms with Crippen molar-refractivity contribution in [3.8, 4) is 5.82 Å². The summed E-state index contributed by atoms with van der Waals surface area (Å²) in [4.78, 5) is 13.2. The molecule has 0 saturated heterocycles. The van der Waals surface area contributed by atoms with E-state index in [0.29, 0.717) is 5.82 Å². The number of rotatable bonds is 4. The van der Waals surface area contributed by atoms with Crippen LogP contribution in [0, 0.1) is 6.92 Å². The molecule has 2 aromatic heterocycles. The van der Waals surface area contributed by atoms with Crippen LogP contribution in [0.1, 0.15) is 31.3 Å². The lowest BCUT2D eigenvalue weighted by atomic mass is 10.4. The van der Waals surface area contributed by atoms with Crippen molar-refractivity contribution < 1.29 is 0 Å². The predicted molar refractivity (Wildman–Crippen MR) is 70.0 cm³/mol. The maximum absolute atomic E-state index is 4.48. The summed E-state index contributed by atoms with van der Waals surface area (Å²) in [7, 11) is 1.84. The average molecular weight is 246 g/mol. The summed E-state index contributed by atoms with van der Waals surface area (Å²) in [6.07, 6.45) is 1.65. The van der Waals surface area contributed by atoms with Crippen LogP contribution in [0.25, 0.3) is 5.82 Å². The van der Waals surface area contributed by atoms with Gasteiger partial charge in [0.25, 0.3) is 0 Å². The molecule has 6 nitrogen and oxygen atoms in total. The molecule has 0 atom stereocenters. The van der Waals surface area contributed by atoms with Crippen molar-refractivity contribution in [1.82, 2.24) is 24.7 Å². The molecule has 0 unspecified atom stereocenters. The Balaban J connectivity index is 2.53. The van der Waals surface area contributed by atoms with Gasteiger partial charge in [-0.1, -0.05) is 13.8 Å². The fraction of sp³-hybridized carbons (Fsp3) is 0.500. The van der Waals surface area contributed by atoms with Gasteiger partial charge in [-0.25, -0.2) is 15.0 Å². The Kier molecular flexibility index (Phi) is 3.55. The molecule has 2 rings (SSSR count). The van der Waals surface area contributed by atoms with E-state index in [4.69, 9.17) is 0 Å². The monoisotopic (exact) mass is 246 g/mol.